The first-order valence-electron chi connectivity index (χ1n) is 12.3. The van der Waals surface area contributed by atoms with Crippen LogP contribution in [0.5, 0.6) is 11.5 Å². The van der Waals surface area contributed by atoms with E-state index in [1.54, 1.807) is 12.1 Å². The van der Waals surface area contributed by atoms with Crippen LogP contribution in [0.1, 0.15) is 70.4 Å². The van der Waals surface area contributed by atoms with Crippen molar-refractivity contribution in [2.75, 3.05) is 6.61 Å². The molecule has 2 unspecified atom stereocenters. The van der Waals surface area contributed by atoms with Gasteiger partial charge in [-0.2, -0.15) is 0 Å². The molecular formula is C28H35ClFNO2. The number of benzene rings is 2. The molecule has 2 aromatic rings. The smallest absolute Gasteiger partial charge is 0.161 e. The first-order valence-corrected chi connectivity index (χ1v) is 12.6. The molecule has 0 heterocycles. The van der Waals surface area contributed by atoms with E-state index in [9.17, 15) is 4.39 Å². The van der Waals surface area contributed by atoms with Crippen LogP contribution in [0.3, 0.4) is 0 Å². The summed E-state index contributed by atoms with van der Waals surface area (Å²) in [6.07, 6.45) is 8.06. The zero-order chi connectivity index (χ0) is 23.3. The average Bonchev–Trinajstić information content (AvgIpc) is 2.71. The fourth-order valence-corrected chi connectivity index (χ4v) is 8.02. The molecule has 0 amide bonds. The van der Waals surface area contributed by atoms with E-state index < -0.39 is 0 Å². The molecule has 1 N–H and O–H groups in total. The summed E-state index contributed by atoms with van der Waals surface area (Å²) in [6.45, 7) is 8.39. The van der Waals surface area contributed by atoms with Gasteiger partial charge in [0.2, 0.25) is 0 Å². The van der Waals surface area contributed by atoms with Gasteiger partial charge in [0.1, 0.15) is 12.4 Å². The van der Waals surface area contributed by atoms with Gasteiger partial charge in [0.25, 0.3) is 0 Å². The van der Waals surface area contributed by atoms with Gasteiger partial charge in [0, 0.05) is 17.6 Å². The second-order valence-corrected chi connectivity index (χ2v) is 11.9. The summed E-state index contributed by atoms with van der Waals surface area (Å²) in [6, 6.07) is 10.7. The van der Waals surface area contributed by atoms with E-state index in [1.165, 1.54) is 50.2 Å². The predicted octanol–water partition coefficient (Wildman–Crippen LogP) is 7.30. The van der Waals surface area contributed by atoms with Crippen molar-refractivity contribution in [3.8, 4) is 11.5 Å². The molecule has 4 aliphatic rings. The van der Waals surface area contributed by atoms with Gasteiger partial charge in [-0.3, -0.25) is 0 Å². The first-order chi connectivity index (χ1) is 15.7. The van der Waals surface area contributed by atoms with Crippen LogP contribution in [0.2, 0.25) is 5.02 Å². The third-order valence-corrected chi connectivity index (χ3v) is 8.39. The summed E-state index contributed by atoms with van der Waals surface area (Å²) < 4.78 is 25.9. The Kier molecular flexibility index (Phi) is 5.89. The molecular weight excluding hydrogens is 437 g/mol. The fraction of sp³-hybridized carbons (Fsp3) is 0.571. The highest BCUT2D eigenvalue weighted by molar-refractivity contribution is 6.31. The molecule has 4 saturated carbocycles. The summed E-state index contributed by atoms with van der Waals surface area (Å²) in [5.74, 6) is 1.80. The standard InChI is InChI=1S/C28H35ClFNO2/c1-4-32-25-10-19(8-9-24(25)33-15-21-22(29)6-5-7-23(21)30)14-31-28-13-20-11-26(2,17-28)16-27(3,12-20)18-28/h5-10,20,31H,4,11-18H2,1-3H3. The molecule has 6 rings (SSSR count). The van der Waals surface area contributed by atoms with Gasteiger partial charge in [-0.25, -0.2) is 4.39 Å². The Morgan fingerprint density at radius 3 is 2.42 bits per heavy atom. The highest BCUT2D eigenvalue weighted by Crippen LogP contribution is 2.66. The predicted molar refractivity (Wildman–Crippen MR) is 130 cm³/mol. The molecule has 3 nitrogen and oxygen atoms in total. The van der Waals surface area contributed by atoms with Crippen molar-refractivity contribution < 1.29 is 13.9 Å². The minimum atomic E-state index is -0.362. The topological polar surface area (TPSA) is 30.5 Å². The number of nitrogens with one attached hydrogen (secondary N) is 1. The van der Waals surface area contributed by atoms with Crippen LogP contribution in [0.25, 0.3) is 0 Å². The van der Waals surface area contributed by atoms with Crippen molar-refractivity contribution in [2.45, 2.75) is 78.0 Å². The summed E-state index contributed by atoms with van der Waals surface area (Å²) >= 11 is 6.15. The quantitative estimate of drug-likeness (QED) is 0.438. The number of halogens is 2. The molecule has 4 bridgehead atoms. The average molecular weight is 472 g/mol. The molecule has 0 aliphatic heterocycles. The molecule has 0 saturated heterocycles. The molecule has 0 spiro atoms. The minimum Gasteiger partial charge on any atom is -0.490 e. The summed E-state index contributed by atoms with van der Waals surface area (Å²) in [5, 5.41) is 4.36. The Balaban J connectivity index is 1.29. The number of rotatable bonds is 8. The van der Waals surface area contributed by atoms with E-state index >= 15 is 0 Å². The van der Waals surface area contributed by atoms with E-state index in [0.29, 0.717) is 39.5 Å². The molecule has 2 atom stereocenters. The maximum Gasteiger partial charge on any atom is 0.161 e. The SMILES string of the molecule is CCOc1cc(CNC23CC4CC(C)(CC(C)(C4)C2)C3)ccc1OCc1c(F)cccc1Cl. The normalized spacial score (nSPS) is 32.2. The lowest BCUT2D eigenvalue weighted by Crippen LogP contribution is -2.63. The van der Waals surface area contributed by atoms with Crippen LogP contribution < -0.4 is 14.8 Å². The number of ether oxygens (including phenoxy) is 2. The van der Waals surface area contributed by atoms with Crippen molar-refractivity contribution in [3.63, 3.8) is 0 Å². The molecule has 178 valence electrons. The van der Waals surface area contributed by atoms with E-state index in [2.05, 4.69) is 31.3 Å². The lowest BCUT2D eigenvalue weighted by molar-refractivity contribution is -0.118. The summed E-state index contributed by atoms with van der Waals surface area (Å²) in [5.41, 5.74) is 2.77. The van der Waals surface area contributed by atoms with Gasteiger partial charge in [-0.05, 0) is 92.0 Å². The Morgan fingerprint density at radius 2 is 1.76 bits per heavy atom. The lowest BCUT2D eigenvalue weighted by Gasteiger charge is -2.65. The third kappa shape index (κ3) is 4.61. The molecule has 33 heavy (non-hydrogen) atoms. The van der Waals surface area contributed by atoms with Gasteiger partial charge in [0.05, 0.1) is 11.6 Å². The first kappa shape index (κ1) is 23.0. The van der Waals surface area contributed by atoms with Crippen molar-refractivity contribution >= 4 is 11.6 Å². The number of hydrogen-bond acceptors (Lipinski definition) is 3. The highest BCUT2D eigenvalue weighted by Gasteiger charge is 2.59. The number of hydrogen-bond donors (Lipinski definition) is 1. The van der Waals surface area contributed by atoms with Crippen molar-refractivity contribution in [2.24, 2.45) is 16.7 Å². The molecule has 0 aromatic heterocycles. The summed E-state index contributed by atoms with van der Waals surface area (Å²) in [7, 11) is 0. The Bertz CT molecular complexity index is 1000. The van der Waals surface area contributed by atoms with E-state index in [-0.39, 0.29) is 18.0 Å². The van der Waals surface area contributed by atoms with Crippen LogP contribution in [-0.4, -0.2) is 12.1 Å². The second kappa shape index (κ2) is 8.46. The fourth-order valence-electron chi connectivity index (χ4n) is 7.80. The molecule has 0 radical (unpaired) electrons. The van der Waals surface area contributed by atoms with Crippen LogP contribution in [0.4, 0.5) is 4.39 Å². The maximum absolute atomic E-state index is 14.1. The van der Waals surface area contributed by atoms with Gasteiger partial charge in [0.15, 0.2) is 11.5 Å². The van der Waals surface area contributed by atoms with Crippen LogP contribution in [0, 0.1) is 22.6 Å². The van der Waals surface area contributed by atoms with Gasteiger partial charge < -0.3 is 14.8 Å². The molecule has 4 fully saturated rings. The molecule has 2 aromatic carbocycles. The van der Waals surface area contributed by atoms with Crippen LogP contribution in [-0.2, 0) is 13.2 Å². The summed E-state index contributed by atoms with van der Waals surface area (Å²) in [4.78, 5) is 0. The van der Waals surface area contributed by atoms with Crippen molar-refractivity contribution in [3.05, 3.63) is 58.4 Å². The van der Waals surface area contributed by atoms with Crippen molar-refractivity contribution in [1.29, 1.82) is 0 Å². The zero-order valence-corrected chi connectivity index (χ0v) is 20.7. The van der Waals surface area contributed by atoms with Gasteiger partial charge in [-0.15, -0.1) is 0 Å². The monoisotopic (exact) mass is 471 g/mol. The maximum atomic E-state index is 14.1. The minimum absolute atomic E-state index is 0.0604. The van der Waals surface area contributed by atoms with Crippen LogP contribution >= 0.6 is 11.6 Å². The largest absolute Gasteiger partial charge is 0.490 e. The third-order valence-electron chi connectivity index (χ3n) is 8.04. The lowest BCUT2D eigenvalue weighted by atomic mass is 9.43. The Labute approximate surface area is 202 Å². The highest BCUT2D eigenvalue weighted by atomic mass is 35.5. The van der Waals surface area contributed by atoms with Crippen LogP contribution in [0.15, 0.2) is 36.4 Å². The van der Waals surface area contributed by atoms with E-state index in [1.807, 2.05) is 13.0 Å². The molecule has 4 aliphatic carbocycles. The Morgan fingerprint density at radius 1 is 1.00 bits per heavy atom. The second-order valence-electron chi connectivity index (χ2n) is 11.5. The van der Waals surface area contributed by atoms with E-state index in [0.717, 1.165) is 12.5 Å². The molecule has 5 heteroatoms. The van der Waals surface area contributed by atoms with E-state index in [4.69, 9.17) is 21.1 Å². The van der Waals surface area contributed by atoms with Gasteiger partial charge >= 0.3 is 0 Å². The van der Waals surface area contributed by atoms with Crippen molar-refractivity contribution in [1.82, 2.24) is 5.32 Å². The Hall–Kier alpha value is -1.78. The van der Waals surface area contributed by atoms with Gasteiger partial charge in [-0.1, -0.05) is 37.6 Å². The zero-order valence-electron chi connectivity index (χ0n) is 20.0.